The number of rotatable bonds is 5. The average molecular weight is 484 g/mol. The molecule has 1 fully saturated rings. The van der Waals surface area contributed by atoms with Crippen LogP contribution in [0.25, 0.3) is 10.4 Å². The molecule has 6 nitrogen and oxygen atoms in total. The number of halogens is 1. The maximum absolute atomic E-state index is 13.1. The molecule has 0 spiro atoms. The maximum atomic E-state index is 13.1. The highest BCUT2D eigenvalue weighted by Gasteiger charge is 2.34. The van der Waals surface area contributed by atoms with Gasteiger partial charge in [0.05, 0.1) is 38.7 Å². The van der Waals surface area contributed by atoms with E-state index in [-0.39, 0.29) is 24.9 Å². The van der Waals surface area contributed by atoms with Crippen molar-refractivity contribution >= 4 is 34.8 Å². The lowest BCUT2D eigenvalue weighted by atomic mass is 9.94. The zero-order valence-electron chi connectivity index (χ0n) is 18.5. The minimum Gasteiger partial charge on any atom is -0.391 e. The Hall–Kier alpha value is -2.74. The molecule has 0 unspecified atom stereocenters. The highest BCUT2D eigenvalue weighted by Crippen LogP contribution is 2.28. The number of carbonyl (C=O) groups is 2. The first-order valence-electron chi connectivity index (χ1n) is 10.8. The fraction of sp³-hybridized carbons (Fsp3) is 0.320. The molecule has 1 aromatic heterocycles. The van der Waals surface area contributed by atoms with E-state index in [9.17, 15) is 14.7 Å². The van der Waals surface area contributed by atoms with E-state index in [1.165, 1.54) is 4.90 Å². The number of aromatic nitrogens is 1. The van der Waals surface area contributed by atoms with Gasteiger partial charge >= 0.3 is 0 Å². The summed E-state index contributed by atoms with van der Waals surface area (Å²) in [4.78, 5) is 32.9. The molecule has 2 amide bonds. The van der Waals surface area contributed by atoms with Crippen LogP contribution in [0.2, 0.25) is 5.02 Å². The lowest BCUT2D eigenvalue weighted by Gasteiger charge is -2.35. The van der Waals surface area contributed by atoms with Crippen molar-refractivity contribution in [2.45, 2.75) is 32.9 Å². The Kier molecular flexibility index (Phi) is 7.12. The van der Waals surface area contributed by atoms with E-state index in [4.69, 9.17) is 11.6 Å². The van der Waals surface area contributed by atoms with Crippen molar-refractivity contribution in [3.05, 3.63) is 75.4 Å². The number of carbonyl (C=O) groups excluding carboxylic acids is 2. The molecule has 2 heterocycles. The molecule has 0 bridgehead atoms. The summed E-state index contributed by atoms with van der Waals surface area (Å²) in [5.41, 5.74) is 6.10. The molecular weight excluding hydrogens is 458 g/mol. The van der Waals surface area contributed by atoms with Gasteiger partial charge in [0.2, 0.25) is 5.91 Å². The van der Waals surface area contributed by atoms with Crippen molar-refractivity contribution in [2.75, 3.05) is 13.1 Å². The average Bonchev–Trinajstić information content (AvgIpc) is 3.23. The van der Waals surface area contributed by atoms with Crippen LogP contribution in [0.4, 0.5) is 0 Å². The standard InChI is InChI=1S/C25H26ClN3O3S/c1-15-4-3-5-21(26)22(15)25(32)29-12-19(10-20(30)13-29)24(31)27-11-17-6-8-18(9-7-17)23-16(2)28-14-33-23/h3-9,14,19-20,30H,10-13H2,1-2H3,(H,27,31)/t19-,20-/m1/s1. The lowest BCUT2D eigenvalue weighted by Crippen LogP contribution is -2.50. The summed E-state index contributed by atoms with van der Waals surface area (Å²) >= 11 is 7.86. The molecule has 2 N–H and O–H groups in total. The van der Waals surface area contributed by atoms with Crippen LogP contribution in [0.15, 0.2) is 48.0 Å². The number of piperidine rings is 1. The van der Waals surface area contributed by atoms with E-state index in [0.717, 1.165) is 27.3 Å². The molecule has 1 aliphatic rings. The largest absolute Gasteiger partial charge is 0.391 e. The van der Waals surface area contributed by atoms with Crippen LogP contribution >= 0.6 is 22.9 Å². The number of aliphatic hydroxyl groups excluding tert-OH is 1. The molecule has 1 aliphatic heterocycles. The smallest absolute Gasteiger partial charge is 0.255 e. The molecule has 4 rings (SSSR count). The molecule has 8 heteroatoms. The van der Waals surface area contributed by atoms with Gasteiger partial charge in [-0.15, -0.1) is 11.3 Å². The van der Waals surface area contributed by atoms with Crippen molar-refractivity contribution in [2.24, 2.45) is 5.92 Å². The van der Waals surface area contributed by atoms with E-state index in [1.54, 1.807) is 23.5 Å². The summed E-state index contributed by atoms with van der Waals surface area (Å²) in [5, 5.41) is 13.7. The van der Waals surface area contributed by atoms with Gasteiger partial charge in [-0.3, -0.25) is 9.59 Å². The van der Waals surface area contributed by atoms with Gasteiger partial charge in [-0.05, 0) is 43.0 Å². The molecule has 1 saturated heterocycles. The number of β-amino-alcohol motifs (C(OH)–C–C–N with tert-alkyl or cyclic N) is 1. The Bertz CT molecular complexity index is 1140. The quantitative estimate of drug-likeness (QED) is 0.569. The summed E-state index contributed by atoms with van der Waals surface area (Å²) in [6, 6.07) is 13.3. The first kappa shape index (κ1) is 23.4. The van der Waals surface area contributed by atoms with Gasteiger partial charge in [0.1, 0.15) is 0 Å². The molecular formula is C25H26ClN3O3S. The van der Waals surface area contributed by atoms with Crippen LogP contribution in [0.1, 0.15) is 33.6 Å². The van der Waals surface area contributed by atoms with Crippen LogP contribution in [0.3, 0.4) is 0 Å². The second-order valence-corrected chi connectivity index (χ2v) is 9.67. The molecule has 2 aromatic carbocycles. The number of hydrogen-bond acceptors (Lipinski definition) is 5. The Morgan fingerprint density at radius 3 is 2.61 bits per heavy atom. The Morgan fingerprint density at radius 1 is 1.18 bits per heavy atom. The molecule has 33 heavy (non-hydrogen) atoms. The molecule has 2 atom stereocenters. The minimum absolute atomic E-state index is 0.176. The number of likely N-dealkylation sites (tertiary alicyclic amines) is 1. The monoisotopic (exact) mass is 483 g/mol. The van der Waals surface area contributed by atoms with Crippen molar-refractivity contribution in [3.63, 3.8) is 0 Å². The van der Waals surface area contributed by atoms with Gasteiger partial charge in [-0.2, -0.15) is 0 Å². The Balaban J connectivity index is 1.39. The minimum atomic E-state index is -0.761. The highest BCUT2D eigenvalue weighted by atomic mass is 35.5. The number of nitrogens with one attached hydrogen (secondary N) is 1. The fourth-order valence-electron chi connectivity index (χ4n) is 4.18. The summed E-state index contributed by atoms with van der Waals surface area (Å²) in [7, 11) is 0. The maximum Gasteiger partial charge on any atom is 0.255 e. The van der Waals surface area contributed by atoms with Gasteiger partial charge in [0.15, 0.2) is 0 Å². The van der Waals surface area contributed by atoms with Crippen LogP contribution in [0, 0.1) is 19.8 Å². The van der Waals surface area contributed by atoms with Gasteiger partial charge in [-0.25, -0.2) is 4.98 Å². The van der Waals surface area contributed by atoms with Crippen molar-refractivity contribution in [1.29, 1.82) is 0 Å². The number of thiazole rings is 1. The zero-order valence-corrected chi connectivity index (χ0v) is 20.1. The number of hydrogen-bond donors (Lipinski definition) is 2. The SMILES string of the molecule is Cc1cccc(Cl)c1C(=O)N1C[C@H](O)C[C@@H](C(=O)NCc2ccc(-c3scnc3C)cc2)C1. The fourth-order valence-corrected chi connectivity index (χ4v) is 5.29. The highest BCUT2D eigenvalue weighted by molar-refractivity contribution is 7.13. The second-order valence-electron chi connectivity index (χ2n) is 8.41. The first-order chi connectivity index (χ1) is 15.8. The van der Waals surface area contributed by atoms with Gasteiger partial charge in [-0.1, -0.05) is 48.0 Å². The van der Waals surface area contributed by atoms with E-state index < -0.39 is 12.0 Å². The summed E-state index contributed by atoms with van der Waals surface area (Å²) in [5.74, 6) is -0.923. The van der Waals surface area contributed by atoms with Gasteiger partial charge in [0, 0.05) is 19.6 Å². The molecule has 3 aromatic rings. The zero-order chi connectivity index (χ0) is 23.5. The summed E-state index contributed by atoms with van der Waals surface area (Å²) in [6.45, 7) is 4.62. The molecule has 0 aliphatic carbocycles. The van der Waals surface area contributed by atoms with Gasteiger partial charge in [0.25, 0.3) is 5.91 Å². The number of benzene rings is 2. The van der Waals surface area contributed by atoms with Gasteiger partial charge < -0.3 is 15.3 Å². The van der Waals surface area contributed by atoms with Crippen LogP contribution in [-0.2, 0) is 11.3 Å². The van der Waals surface area contributed by atoms with Crippen molar-refractivity contribution < 1.29 is 14.7 Å². The normalized spacial score (nSPS) is 18.2. The molecule has 0 saturated carbocycles. The lowest BCUT2D eigenvalue weighted by molar-refractivity contribution is -0.128. The molecule has 0 radical (unpaired) electrons. The van der Waals surface area contributed by atoms with E-state index in [1.807, 2.05) is 49.7 Å². The number of aryl methyl sites for hydroxylation is 2. The summed E-state index contributed by atoms with van der Waals surface area (Å²) in [6.07, 6.45) is -0.441. The predicted molar refractivity (Wildman–Crippen MR) is 130 cm³/mol. The third kappa shape index (κ3) is 5.27. The number of amides is 2. The summed E-state index contributed by atoms with van der Waals surface area (Å²) < 4.78 is 0. The van der Waals surface area contributed by atoms with E-state index in [0.29, 0.717) is 23.6 Å². The van der Waals surface area contributed by atoms with E-state index >= 15 is 0 Å². The second kappa shape index (κ2) is 10.0. The predicted octanol–water partition coefficient (Wildman–Crippen LogP) is 4.22. The Morgan fingerprint density at radius 2 is 1.94 bits per heavy atom. The topological polar surface area (TPSA) is 82.5 Å². The van der Waals surface area contributed by atoms with Crippen LogP contribution < -0.4 is 5.32 Å². The first-order valence-corrected chi connectivity index (χ1v) is 12.1. The van der Waals surface area contributed by atoms with Crippen molar-refractivity contribution in [3.8, 4) is 10.4 Å². The third-order valence-corrected chi connectivity index (χ3v) is 7.24. The Labute approximate surface area is 202 Å². The van der Waals surface area contributed by atoms with E-state index in [2.05, 4.69) is 10.3 Å². The van der Waals surface area contributed by atoms with Crippen molar-refractivity contribution in [1.82, 2.24) is 15.2 Å². The number of nitrogens with zero attached hydrogens (tertiary/aromatic N) is 2. The number of aliphatic hydroxyl groups is 1. The third-order valence-electron chi connectivity index (χ3n) is 5.95. The molecule has 172 valence electrons. The van der Waals surface area contributed by atoms with Crippen LogP contribution in [-0.4, -0.2) is 46.0 Å². The van der Waals surface area contributed by atoms with Crippen LogP contribution in [0.5, 0.6) is 0 Å².